The Morgan fingerprint density at radius 2 is 2.42 bits per heavy atom. The van der Waals surface area contributed by atoms with Crippen LogP contribution in [-0.2, 0) is 4.79 Å². The molecule has 1 N–H and O–H groups in total. The molecule has 1 rings (SSSR count). The van der Waals surface area contributed by atoms with Gasteiger partial charge in [0.25, 0.3) is 0 Å². The molecule has 1 aliphatic carbocycles. The van der Waals surface area contributed by atoms with E-state index in [0.29, 0.717) is 11.7 Å². The summed E-state index contributed by atoms with van der Waals surface area (Å²) in [5, 5.41) is 8.51. The fraction of sp³-hybridized carbons (Fsp3) is 0.700. The number of aliphatic hydroxyl groups excluding tert-OH is 1. The Bertz CT molecular complexity index is 173. The molecule has 68 valence electrons. The lowest BCUT2D eigenvalue weighted by molar-refractivity contribution is -0.117. The van der Waals surface area contributed by atoms with Crippen molar-refractivity contribution in [2.75, 3.05) is 6.61 Å². The molecule has 0 radical (unpaired) electrons. The zero-order chi connectivity index (χ0) is 8.81. The molecule has 12 heavy (non-hydrogen) atoms. The summed E-state index contributed by atoms with van der Waals surface area (Å²) in [6.45, 7) is 0.258. The first kappa shape index (κ1) is 9.46. The normalized spacial score (nSPS) is 24.1. The molecule has 0 amide bonds. The molecule has 1 atom stereocenters. The zero-order valence-electron chi connectivity index (χ0n) is 7.33. The van der Waals surface area contributed by atoms with Crippen LogP contribution in [0.25, 0.3) is 0 Å². The van der Waals surface area contributed by atoms with Crippen molar-refractivity contribution in [1.82, 2.24) is 0 Å². The Hall–Kier alpha value is -0.630. The molecule has 0 aromatic rings. The van der Waals surface area contributed by atoms with Crippen molar-refractivity contribution >= 4 is 5.78 Å². The third-order valence-electron chi connectivity index (χ3n) is 2.22. The van der Waals surface area contributed by atoms with Crippen LogP contribution in [-0.4, -0.2) is 17.5 Å². The van der Waals surface area contributed by atoms with Crippen molar-refractivity contribution in [2.24, 2.45) is 5.92 Å². The molecule has 0 saturated heterocycles. The summed E-state index contributed by atoms with van der Waals surface area (Å²) in [5.41, 5.74) is 0. The lowest BCUT2D eigenvalue weighted by Crippen LogP contribution is -1.90. The van der Waals surface area contributed by atoms with Gasteiger partial charge in [0.2, 0.25) is 0 Å². The lowest BCUT2D eigenvalue weighted by Gasteiger charge is -1.97. The van der Waals surface area contributed by atoms with Crippen molar-refractivity contribution in [3.8, 4) is 0 Å². The average molecular weight is 168 g/mol. The van der Waals surface area contributed by atoms with Crippen molar-refractivity contribution in [1.29, 1.82) is 0 Å². The first-order valence-corrected chi connectivity index (χ1v) is 4.62. The number of rotatable bonds is 4. The van der Waals surface area contributed by atoms with Crippen LogP contribution < -0.4 is 0 Å². The van der Waals surface area contributed by atoms with Gasteiger partial charge in [-0.15, -0.1) is 0 Å². The molecular formula is C10H16O2. The summed E-state index contributed by atoms with van der Waals surface area (Å²) in [5.74, 6) is 0.878. The van der Waals surface area contributed by atoms with Crippen LogP contribution in [0.1, 0.15) is 32.1 Å². The number of allylic oxidation sites excluding steroid dienone is 2. The molecule has 1 aliphatic rings. The van der Waals surface area contributed by atoms with E-state index in [9.17, 15) is 4.79 Å². The third-order valence-corrected chi connectivity index (χ3v) is 2.22. The van der Waals surface area contributed by atoms with E-state index in [1.54, 1.807) is 0 Å². The highest BCUT2D eigenvalue weighted by molar-refractivity contribution is 5.80. The van der Waals surface area contributed by atoms with Crippen LogP contribution in [0.2, 0.25) is 0 Å². The van der Waals surface area contributed by atoms with Crippen LogP contribution in [0.4, 0.5) is 0 Å². The predicted molar refractivity (Wildman–Crippen MR) is 47.8 cm³/mol. The van der Waals surface area contributed by atoms with E-state index in [0.717, 1.165) is 32.1 Å². The number of unbranched alkanes of at least 4 members (excludes halogenated alkanes) is 1. The van der Waals surface area contributed by atoms with Crippen LogP contribution in [0.15, 0.2) is 12.2 Å². The second-order valence-corrected chi connectivity index (χ2v) is 3.34. The monoisotopic (exact) mass is 168 g/mol. The van der Waals surface area contributed by atoms with Gasteiger partial charge in [-0.1, -0.05) is 12.2 Å². The van der Waals surface area contributed by atoms with Gasteiger partial charge in [0.15, 0.2) is 0 Å². The Balaban J connectivity index is 2.14. The van der Waals surface area contributed by atoms with E-state index in [4.69, 9.17) is 5.11 Å². The quantitative estimate of drug-likeness (QED) is 0.512. The van der Waals surface area contributed by atoms with Gasteiger partial charge >= 0.3 is 0 Å². The molecule has 1 fully saturated rings. The van der Waals surface area contributed by atoms with Gasteiger partial charge in [0.1, 0.15) is 5.78 Å². The average Bonchev–Trinajstić information content (AvgIpc) is 2.45. The Kier molecular flexibility index (Phi) is 4.01. The maximum absolute atomic E-state index is 10.9. The minimum atomic E-state index is 0.258. The van der Waals surface area contributed by atoms with Crippen LogP contribution >= 0.6 is 0 Å². The molecule has 1 saturated carbocycles. The van der Waals surface area contributed by atoms with Crippen LogP contribution in [0.5, 0.6) is 0 Å². The fourth-order valence-corrected chi connectivity index (χ4v) is 1.51. The smallest absolute Gasteiger partial charge is 0.133 e. The molecule has 0 aromatic heterocycles. The number of hydrogen-bond donors (Lipinski definition) is 1. The highest BCUT2D eigenvalue weighted by atomic mass is 16.2. The van der Waals surface area contributed by atoms with E-state index in [1.807, 2.05) is 0 Å². The zero-order valence-corrected chi connectivity index (χ0v) is 7.33. The van der Waals surface area contributed by atoms with Gasteiger partial charge in [-0.3, -0.25) is 4.79 Å². The predicted octanol–water partition coefficient (Wildman–Crippen LogP) is 1.68. The highest BCUT2D eigenvalue weighted by Gasteiger charge is 2.18. The molecule has 2 heteroatoms. The Morgan fingerprint density at radius 1 is 1.58 bits per heavy atom. The third kappa shape index (κ3) is 3.18. The van der Waals surface area contributed by atoms with E-state index in [-0.39, 0.29) is 6.61 Å². The number of Topliss-reactive ketones (excluding diaryl/α,β-unsaturated/α-hetero) is 1. The molecule has 0 spiro atoms. The summed E-state index contributed by atoms with van der Waals surface area (Å²) in [6.07, 6.45) is 8.48. The van der Waals surface area contributed by atoms with Crippen LogP contribution in [0.3, 0.4) is 0 Å². The molecular weight excluding hydrogens is 152 g/mol. The molecule has 0 heterocycles. The van der Waals surface area contributed by atoms with Crippen LogP contribution in [0, 0.1) is 5.92 Å². The first-order valence-electron chi connectivity index (χ1n) is 4.62. The number of hydrogen-bond acceptors (Lipinski definition) is 2. The van der Waals surface area contributed by atoms with Gasteiger partial charge < -0.3 is 5.11 Å². The fourth-order valence-electron chi connectivity index (χ4n) is 1.51. The molecule has 0 aliphatic heterocycles. The Morgan fingerprint density at radius 3 is 3.00 bits per heavy atom. The van der Waals surface area contributed by atoms with Crippen molar-refractivity contribution in [3.63, 3.8) is 0 Å². The first-order chi connectivity index (χ1) is 5.83. The number of carbonyl (C=O) groups is 1. The van der Waals surface area contributed by atoms with E-state index in [1.165, 1.54) is 0 Å². The summed E-state index contributed by atoms with van der Waals surface area (Å²) in [7, 11) is 0. The topological polar surface area (TPSA) is 37.3 Å². The van der Waals surface area contributed by atoms with E-state index >= 15 is 0 Å². The lowest BCUT2D eigenvalue weighted by atomic mass is 10.1. The van der Waals surface area contributed by atoms with Crippen molar-refractivity contribution in [3.05, 3.63) is 12.2 Å². The standard InChI is InChI=1S/C10H16O2/c11-7-3-1-2-4-9-5-6-10(12)8-9/h2,4,9,11H,1,3,5-8H2. The van der Waals surface area contributed by atoms with E-state index < -0.39 is 0 Å². The second kappa shape index (κ2) is 5.09. The minimum Gasteiger partial charge on any atom is -0.396 e. The van der Waals surface area contributed by atoms with Gasteiger partial charge in [-0.05, 0) is 25.2 Å². The number of ketones is 1. The number of carbonyl (C=O) groups excluding carboxylic acids is 1. The second-order valence-electron chi connectivity index (χ2n) is 3.34. The van der Waals surface area contributed by atoms with Gasteiger partial charge in [-0.25, -0.2) is 0 Å². The Labute approximate surface area is 73.3 Å². The molecule has 2 nitrogen and oxygen atoms in total. The summed E-state index contributed by atoms with van der Waals surface area (Å²) in [6, 6.07) is 0. The largest absolute Gasteiger partial charge is 0.396 e. The number of aliphatic hydroxyl groups is 1. The maximum atomic E-state index is 10.9. The molecule has 0 aromatic carbocycles. The van der Waals surface area contributed by atoms with Gasteiger partial charge in [-0.2, -0.15) is 0 Å². The molecule has 1 unspecified atom stereocenters. The van der Waals surface area contributed by atoms with Gasteiger partial charge in [0.05, 0.1) is 0 Å². The summed E-state index contributed by atoms with van der Waals surface area (Å²) in [4.78, 5) is 10.9. The summed E-state index contributed by atoms with van der Waals surface area (Å²) < 4.78 is 0. The summed E-state index contributed by atoms with van der Waals surface area (Å²) >= 11 is 0. The molecule has 0 bridgehead atoms. The van der Waals surface area contributed by atoms with Crippen molar-refractivity contribution < 1.29 is 9.90 Å². The highest BCUT2D eigenvalue weighted by Crippen LogP contribution is 2.22. The minimum absolute atomic E-state index is 0.258. The van der Waals surface area contributed by atoms with E-state index in [2.05, 4.69) is 12.2 Å². The maximum Gasteiger partial charge on any atom is 0.133 e. The van der Waals surface area contributed by atoms with Gasteiger partial charge in [0, 0.05) is 19.4 Å². The SMILES string of the molecule is O=C1CCC(C=CCCCO)C1. The van der Waals surface area contributed by atoms with Crippen molar-refractivity contribution in [2.45, 2.75) is 32.1 Å².